The van der Waals surface area contributed by atoms with Crippen molar-refractivity contribution >= 4 is 40.1 Å². The van der Waals surface area contributed by atoms with Gasteiger partial charge in [-0.1, -0.05) is 53.9 Å². The Kier molecular flexibility index (Phi) is 5.54. The fourth-order valence-corrected chi connectivity index (χ4v) is 4.64. The molecule has 2 aromatic carbocycles. The number of halogens is 2. The molecule has 6 heteroatoms. The Morgan fingerprint density at radius 2 is 1.93 bits per heavy atom. The van der Waals surface area contributed by atoms with E-state index in [2.05, 4.69) is 9.88 Å². The minimum atomic E-state index is -0.798. The molecule has 2 unspecified atom stereocenters. The molecule has 1 N–H and O–H groups in total. The van der Waals surface area contributed by atoms with Crippen LogP contribution in [0.4, 0.5) is 0 Å². The van der Waals surface area contributed by atoms with Crippen LogP contribution < -0.4 is 0 Å². The number of benzene rings is 2. The normalized spacial score (nSPS) is 18.9. The lowest BCUT2D eigenvalue weighted by Crippen LogP contribution is -2.47. The van der Waals surface area contributed by atoms with E-state index in [0.29, 0.717) is 23.0 Å². The van der Waals surface area contributed by atoms with Gasteiger partial charge in [0.25, 0.3) is 0 Å². The van der Waals surface area contributed by atoms with Gasteiger partial charge >= 0.3 is 5.97 Å². The molecule has 2 atom stereocenters. The summed E-state index contributed by atoms with van der Waals surface area (Å²) in [7, 11) is 0. The van der Waals surface area contributed by atoms with E-state index < -0.39 is 12.0 Å². The number of carboxylic acids is 1. The van der Waals surface area contributed by atoms with Crippen molar-refractivity contribution in [2.75, 3.05) is 6.54 Å². The number of fused-ring (bicyclic) bond motifs is 1. The fourth-order valence-electron chi connectivity index (χ4n) is 4.13. The highest BCUT2D eigenvalue weighted by Gasteiger charge is 2.36. The number of rotatable bonds is 4. The predicted octanol–water partition coefficient (Wildman–Crippen LogP) is 5.57. The number of piperidine rings is 1. The van der Waals surface area contributed by atoms with Crippen LogP contribution in [0.15, 0.2) is 54.7 Å². The number of aliphatic carboxylic acids is 1. The summed E-state index contributed by atoms with van der Waals surface area (Å²) < 4.78 is 0. The number of hydrogen-bond acceptors (Lipinski definition) is 3. The highest BCUT2D eigenvalue weighted by Crippen LogP contribution is 2.40. The molecule has 0 aliphatic carbocycles. The van der Waals surface area contributed by atoms with E-state index in [4.69, 9.17) is 23.2 Å². The van der Waals surface area contributed by atoms with E-state index in [1.54, 1.807) is 18.3 Å². The van der Waals surface area contributed by atoms with Gasteiger partial charge in [-0.3, -0.25) is 14.7 Å². The topological polar surface area (TPSA) is 53.4 Å². The van der Waals surface area contributed by atoms with Crippen LogP contribution in [0.5, 0.6) is 0 Å². The predicted molar refractivity (Wildman–Crippen MR) is 112 cm³/mol. The van der Waals surface area contributed by atoms with Gasteiger partial charge in [-0.25, -0.2) is 0 Å². The third-order valence-electron chi connectivity index (χ3n) is 5.40. The molecule has 28 heavy (non-hydrogen) atoms. The Morgan fingerprint density at radius 1 is 1.11 bits per heavy atom. The number of carboxylic acid groups (broad SMARTS) is 1. The van der Waals surface area contributed by atoms with Crippen molar-refractivity contribution in [2.45, 2.75) is 31.3 Å². The maximum atomic E-state index is 12.0. The SMILES string of the molecule is O=C(O)C1CCCCN1C(c1ccc(Cl)cc1Cl)c1ccnc2ccccc12. The van der Waals surface area contributed by atoms with Crippen LogP contribution in [0.1, 0.15) is 36.4 Å². The first-order valence-electron chi connectivity index (χ1n) is 9.33. The van der Waals surface area contributed by atoms with Crippen molar-refractivity contribution in [3.8, 4) is 0 Å². The van der Waals surface area contributed by atoms with Crippen molar-refractivity contribution < 1.29 is 9.90 Å². The Hall–Kier alpha value is -2.14. The van der Waals surface area contributed by atoms with Crippen LogP contribution in [0.3, 0.4) is 0 Å². The first-order valence-corrected chi connectivity index (χ1v) is 10.1. The zero-order chi connectivity index (χ0) is 19.7. The monoisotopic (exact) mass is 414 g/mol. The Balaban J connectivity index is 1.94. The summed E-state index contributed by atoms with van der Waals surface area (Å²) in [4.78, 5) is 18.5. The smallest absolute Gasteiger partial charge is 0.320 e. The summed E-state index contributed by atoms with van der Waals surface area (Å²) >= 11 is 12.7. The van der Waals surface area contributed by atoms with Crippen LogP contribution in [-0.4, -0.2) is 33.5 Å². The number of likely N-dealkylation sites (tertiary alicyclic amines) is 1. The van der Waals surface area contributed by atoms with E-state index in [-0.39, 0.29) is 6.04 Å². The zero-order valence-corrected chi connectivity index (χ0v) is 16.7. The molecule has 0 radical (unpaired) electrons. The second-order valence-electron chi connectivity index (χ2n) is 7.07. The summed E-state index contributed by atoms with van der Waals surface area (Å²) in [6.07, 6.45) is 4.26. The molecule has 4 nitrogen and oxygen atoms in total. The van der Waals surface area contributed by atoms with Crippen molar-refractivity contribution in [1.82, 2.24) is 9.88 Å². The van der Waals surface area contributed by atoms with Gasteiger partial charge in [0.1, 0.15) is 6.04 Å². The van der Waals surface area contributed by atoms with Gasteiger partial charge in [0.05, 0.1) is 11.6 Å². The Morgan fingerprint density at radius 3 is 2.71 bits per heavy atom. The van der Waals surface area contributed by atoms with Gasteiger partial charge in [-0.2, -0.15) is 0 Å². The number of nitrogens with zero attached hydrogens (tertiary/aromatic N) is 2. The Labute approximate surface area is 173 Å². The van der Waals surface area contributed by atoms with Crippen molar-refractivity contribution in [1.29, 1.82) is 0 Å². The van der Waals surface area contributed by atoms with Gasteiger partial charge in [0, 0.05) is 21.6 Å². The maximum absolute atomic E-state index is 12.0. The van der Waals surface area contributed by atoms with E-state index in [1.807, 2.05) is 36.4 Å². The third-order valence-corrected chi connectivity index (χ3v) is 5.96. The summed E-state index contributed by atoms with van der Waals surface area (Å²) in [5.74, 6) is -0.798. The van der Waals surface area contributed by atoms with E-state index >= 15 is 0 Å². The standard InChI is InChI=1S/C22H20Cl2N2O2/c23-14-8-9-17(18(24)13-14)21(26-12-4-3-7-20(26)22(27)28)16-10-11-25-19-6-2-1-5-15(16)19/h1-2,5-6,8-11,13,20-21H,3-4,7,12H2,(H,27,28). The molecule has 0 amide bonds. The van der Waals surface area contributed by atoms with E-state index in [9.17, 15) is 9.90 Å². The summed E-state index contributed by atoms with van der Waals surface area (Å²) in [5, 5.41) is 12.0. The van der Waals surface area contributed by atoms with E-state index in [1.165, 1.54) is 0 Å². The lowest BCUT2D eigenvalue weighted by atomic mass is 9.90. The molecule has 0 spiro atoms. The van der Waals surface area contributed by atoms with Crippen LogP contribution in [0.25, 0.3) is 10.9 Å². The molecule has 1 saturated heterocycles. The molecule has 0 bridgehead atoms. The largest absolute Gasteiger partial charge is 0.480 e. The quantitative estimate of drug-likeness (QED) is 0.605. The van der Waals surface area contributed by atoms with Crippen LogP contribution in [-0.2, 0) is 4.79 Å². The molecule has 1 fully saturated rings. The third kappa shape index (κ3) is 3.60. The molecular weight excluding hydrogens is 395 g/mol. The second-order valence-corrected chi connectivity index (χ2v) is 7.92. The Bertz CT molecular complexity index is 1020. The minimum Gasteiger partial charge on any atom is -0.480 e. The van der Waals surface area contributed by atoms with Crippen LogP contribution in [0, 0.1) is 0 Å². The van der Waals surface area contributed by atoms with Gasteiger partial charge < -0.3 is 5.11 Å². The lowest BCUT2D eigenvalue weighted by Gasteiger charge is -2.40. The van der Waals surface area contributed by atoms with Gasteiger partial charge in [0.2, 0.25) is 0 Å². The minimum absolute atomic E-state index is 0.293. The molecule has 1 aromatic heterocycles. The van der Waals surface area contributed by atoms with E-state index in [0.717, 1.165) is 34.9 Å². The molecule has 1 aliphatic rings. The number of hydrogen-bond donors (Lipinski definition) is 1. The molecule has 2 heterocycles. The second kappa shape index (κ2) is 8.08. The summed E-state index contributed by atoms with van der Waals surface area (Å²) in [5.41, 5.74) is 2.73. The highest BCUT2D eigenvalue weighted by molar-refractivity contribution is 6.35. The van der Waals surface area contributed by atoms with Crippen molar-refractivity contribution in [3.05, 3.63) is 75.9 Å². The summed E-state index contributed by atoms with van der Waals surface area (Å²) in [6.45, 7) is 0.692. The fraction of sp³-hybridized carbons (Fsp3) is 0.273. The molecule has 144 valence electrons. The van der Waals surface area contributed by atoms with Gasteiger partial charge in [-0.05, 0) is 54.8 Å². The number of carbonyl (C=O) groups is 1. The molecule has 0 saturated carbocycles. The number of para-hydroxylation sites is 1. The van der Waals surface area contributed by atoms with Gasteiger partial charge in [-0.15, -0.1) is 0 Å². The zero-order valence-electron chi connectivity index (χ0n) is 15.2. The van der Waals surface area contributed by atoms with Crippen molar-refractivity contribution in [2.24, 2.45) is 0 Å². The number of aromatic nitrogens is 1. The van der Waals surface area contributed by atoms with Crippen molar-refractivity contribution in [3.63, 3.8) is 0 Å². The number of pyridine rings is 1. The molecule has 1 aliphatic heterocycles. The molecular formula is C22H20Cl2N2O2. The highest BCUT2D eigenvalue weighted by atomic mass is 35.5. The molecule has 4 rings (SSSR count). The maximum Gasteiger partial charge on any atom is 0.320 e. The van der Waals surface area contributed by atoms with Gasteiger partial charge in [0.15, 0.2) is 0 Å². The molecule has 3 aromatic rings. The first-order chi connectivity index (χ1) is 13.6. The average molecular weight is 415 g/mol. The first kappa shape index (κ1) is 19.2. The van der Waals surface area contributed by atoms with Crippen LogP contribution in [0.2, 0.25) is 10.0 Å². The summed E-state index contributed by atoms with van der Waals surface area (Å²) in [6, 6.07) is 14.4. The lowest BCUT2D eigenvalue weighted by molar-refractivity contribution is -0.145. The van der Waals surface area contributed by atoms with Crippen LogP contribution >= 0.6 is 23.2 Å². The average Bonchev–Trinajstić information content (AvgIpc) is 2.70.